The van der Waals surface area contributed by atoms with Crippen LogP contribution in [0.2, 0.25) is 0 Å². The first-order chi connectivity index (χ1) is 6.38. The number of furan rings is 1. The summed E-state index contributed by atoms with van der Waals surface area (Å²) in [6.07, 6.45) is 2.04. The second-order valence-electron chi connectivity index (χ2n) is 2.52. The van der Waals surface area contributed by atoms with Crippen LogP contribution in [0.4, 0.5) is 0 Å². The molecule has 2 aromatic rings. The van der Waals surface area contributed by atoms with Gasteiger partial charge in [-0.1, -0.05) is 5.16 Å². The molecule has 0 aromatic carbocycles. The summed E-state index contributed by atoms with van der Waals surface area (Å²) in [6.45, 7) is -0.207. The van der Waals surface area contributed by atoms with Gasteiger partial charge in [0.25, 0.3) is 0 Å². The molecule has 68 valence electrons. The third-order valence-electron chi connectivity index (χ3n) is 1.56. The van der Waals surface area contributed by atoms with Gasteiger partial charge < -0.3 is 14.0 Å². The number of nitrogens with zero attached hydrogens (tertiary/aromatic N) is 2. The lowest BCUT2D eigenvalue weighted by Crippen LogP contribution is -1.88. The Morgan fingerprint density at radius 1 is 1.46 bits per heavy atom. The molecule has 0 aliphatic heterocycles. The van der Waals surface area contributed by atoms with Crippen LogP contribution in [0.25, 0.3) is 0 Å². The molecule has 0 radical (unpaired) electrons. The number of aromatic nitrogens is 2. The number of hydrogen-bond donors (Lipinski definition) is 1. The van der Waals surface area contributed by atoms with Crippen LogP contribution in [-0.2, 0) is 13.0 Å². The molecule has 5 heteroatoms. The summed E-state index contributed by atoms with van der Waals surface area (Å²) >= 11 is 0. The zero-order chi connectivity index (χ0) is 9.10. The van der Waals surface area contributed by atoms with Crippen LogP contribution in [0, 0.1) is 0 Å². The Balaban J connectivity index is 2.10. The Bertz CT molecular complexity index is 366. The molecule has 2 aromatic heterocycles. The standard InChI is InChI=1S/C8H8N2O3/c11-5-7-9-8(13-10-7)4-6-2-1-3-12-6/h1-3,11H,4-5H2. The molecule has 5 nitrogen and oxygen atoms in total. The maximum atomic E-state index is 8.67. The van der Waals surface area contributed by atoms with Gasteiger partial charge in [-0.05, 0) is 12.1 Å². The molecule has 0 atom stereocenters. The van der Waals surface area contributed by atoms with Gasteiger partial charge in [0.2, 0.25) is 5.89 Å². The van der Waals surface area contributed by atoms with E-state index in [4.69, 9.17) is 14.0 Å². The van der Waals surface area contributed by atoms with Gasteiger partial charge >= 0.3 is 0 Å². The molecule has 0 aliphatic rings. The van der Waals surface area contributed by atoms with Crippen LogP contribution in [0.5, 0.6) is 0 Å². The van der Waals surface area contributed by atoms with Crippen molar-refractivity contribution in [3.63, 3.8) is 0 Å². The fraction of sp³-hybridized carbons (Fsp3) is 0.250. The van der Waals surface area contributed by atoms with Crippen LogP contribution in [0.15, 0.2) is 27.3 Å². The molecule has 0 aliphatic carbocycles. The number of rotatable bonds is 3. The molecular formula is C8H8N2O3. The van der Waals surface area contributed by atoms with E-state index >= 15 is 0 Å². The summed E-state index contributed by atoms with van der Waals surface area (Å²) < 4.78 is 9.94. The highest BCUT2D eigenvalue weighted by atomic mass is 16.5. The lowest BCUT2D eigenvalue weighted by Gasteiger charge is -1.86. The number of hydrogen-bond acceptors (Lipinski definition) is 5. The lowest BCUT2D eigenvalue weighted by molar-refractivity contribution is 0.262. The average Bonchev–Trinajstić information content (AvgIpc) is 2.76. The van der Waals surface area contributed by atoms with Gasteiger partial charge in [-0.2, -0.15) is 4.98 Å². The van der Waals surface area contributed by atoms with Crippen LogP contribution >= 0.6 is 0 Å². The van der Waals surface area contributed by atoms with Gasteiger partial charge in [-0.3, -0.25) is 0 Å². The molecule has 0 saturated carbocycles. The van der Waals surface area contributed by atoms with E-state index in [-0.39, 0.29) is 6.61 Å². The van der Waals surface area contributed by atoms with Crippen molar-refractivity contribution in [3.8, 4) is 0 Å². The minimum atomic E-state index is -0.207. The first kappa shape index (κ1) is 8.00. The molecule has 2 rings (SSSR count). The Labute approximate surface area is 74.0 Å². The van der Waals surface area contributed by atoms with Crippen LogP contribution in [-0.4, -0.2) is 15.2 Å². The summed E-state index contributed by atoms with van der Waals surface area (Å²) in [4.78, 5) is 3.92. The van der Waals surface area contributed by atoms with Gasteiger partial charge in [0.1, 0.15) is 12.4 Å². The van der Waals surface area contributed by atoms with E-state index in [2.05, 4.69) is 10.1 Å². The molecule has 0 amide bonds. The van der Waals surface area contributed by atoms with Crippen molar-refractivity contribution in [2.75, 3.05) is 0 Å². The maximum Gasteiger partial charge on any atom is 0.234 e. The van der Waals surface area contributed by atoms with Gasteiger partial charge in [0.05, 0.1) is 12.7 Å². The minimum absolute atomic E-state index is 0.207. The predicted octanol–water partition coefficient (Wildman–Crippen LogP) is 0.746. The third-order valence-corrected chi connectivity index (χ3v) is 1.56. The summed E-state index contributed by atoms with van der Waals surface area (Å²) in [5.41, 5.74) is 0. The van der Waals surface area contributed by atoms with E-state index in [1.165, 1.54) is 0 Å². The van der Waals surface area contributed by atoms with Gasteiger partial charge in [-0.15, -0.1) is 0 Å². The van der Waals surface area contributed by atoms with E-state index in [1.807, 2.05) is 6.07 Å². The molecular weight excluding hydrogens is 172 g/mol. The smallest absolute Gasteiger partial charge is 0.234 e. The monoisotopic (exact) mass is 180 g/mol. The van der Waals surface area contributed by atoms with E-state index < -0.39 is 0 Å². The van der Waals surface area contributed by atoms with Crippen molar-refractivity contribution >= 4 is 0 Å². The first-order valence-electron chi connectivity index (χ1n) is 3.83. The molecule has 0 unspecified atom stereocenters. The Morgan fingerprint density at radius 2 is 2.38 bits per heavy atom. The van der Waals surface area contributed by atoms with Gasteiger partial charge in [0, 0.05) is 0 Å². The highest BCUT2D eigenvalue weighted by molar-refractivity contribution is 5.04. The molecule has 0 spiro atoms. The van der Waals surface area contributed by atoms with Crippen molar-refractivity contribution < 1.29 is 14.0 Å². The first-order valence-corrected chi connectivity index (χ1v) is 3.83. The predicted molar refractivity (Wildman–Crippen MR) is 41.7 cm³/mol. The lowest BCUT2D eigenvalue weighted by atomic mass is 10.3. The summed E-state index contributed by atoms with van der Waals surface area (Å²) in [7, 11) is 0. The molecule has 2 heterocycles. The fourth-order valence-corrected chi connectivity index (χ4v) is 0.988. The molecule has 0 bridgehead atoms. The number of aliphatic hydroxyl groups excluding tert-OH is 1. The SMILES string of the molecule is OCc1noc(Cc2ccco2)n1. The molecule has 13 heavy (non-hydrogen) atoms. The van der Waals surface area contributed by atoms with Crippen molar-refractivity contribution in [1.82, 2.24) is 10.1 Å². The molecule has 1 N–H and O–H groups in total. The normalized spacial score (nSPS) is 10.5. The van der Waals surface area contributed by atoms with Gasteiger partial charge in [0.15, 0.2) is 5.82 Å². The highest BCUT2D eigenvalue weighted by Gasteiger charge is 2.07. The van der Waals surface area contributed by atoms with Crippen LogP contribution < -0.4 is 0 Å². The quantitative estimate of drug-likeness (QED) is 0.754. The summed E-state index contributed by atoms with van der Waals surface area (Å²) in [5.74, 6) is 1.49. The van der Waals surface area contributed by atoms with E-state index in [0.29, 0.717) is 18.1 Å². The Hall–Kier alpha value is -1.62. The van der Waals surface area contributed by atoms with Gasteiger partial charge in [-0.25, -0.2) is 0 Å². The van der Waals surface area contributed by atoms with Crippen molar-refractivity contribution in [3.05, 3.63) is 35.9 Å². The third kappa shape index (κ3) is 1.75. The topological polar surface area (TPSA) is 72.3 Å². The highest BCUT2D eigenvalue weighted by Crippen LogP contribution is 2.07. The Kier molecular flexibility index (Phi) is 2.09. The van der Waals surface area contributed by atoms with Crippen LogP contribution in [0.3, 0.4) is 0 Å². The van der Waals surface area contributed by atoms with E-state index in [9.17, 15) is 0 Å². The van der Waals surface area contributed by atoms with Crippen molar-refractivity contribution in [2.45, 2.75) is 13.0 Å². The van der Waals surface area contributed by atoms with Crippen LogP contribution in [0.1, 0.15) is 17.5 Å². The van der Waals surface area contributed by atoms with Crippen molar-refractivity contribution in [2.24, 2.45) is 0 Å². The number of aliphatic hydroxyl groups is 1. The van der Waals surface area contributed by atoms with E-state index in [0.717, 1.165) is 5.76 Å². The molecule has 0 saturated heterocycles. The van der Waals surface area contributed by atoms with E-state index in [1.54, 1.807) is 12.3 Å². The fourth-order valence-electron chi connectivity index (χ4n) is 0.988. The zero-order valence-corrected chi connectivity index (χ0v) is 6.80. The summed E-state index contributed by atoms with van der Waals surface area (Å²) in [5, 5.41) is 12.2. The largest absolute Gasteiger partial charge is 0.469 e. The second-order valence-corrected chi connectivity index (χ2v) is 2.52. The summed E-state index contributed by atoms with van der Waals surface area (Å²) in [6, 6.07) is 3.61. The zero-order valence-electron chi connectivity index (χ0n) is 6.80. The van der Waals surface area contributed by atoms with Crippen molar-refractivity contribution in [1.29, 1.82) is 0 Å². The second kappa shape index (κ2) is 3.40. The maximum absolute atomic E-state index is 8.67. The average molecular weight is 180 g/mol. The Morgan fingerprint density at radius 3 is 3.00 bits per heavy atom. The molecule has 0 fully saturated rings. The minimum Gasteiger partial charge on any atom is -0.469 e.